The molecule has 4 nitrogen and oxygen atoms in total. The highest BCUT2D eigenvalue weighted by Crippen LogP contribution is 2.22. The van der Waals surface area contributed by atoms with E-state index in [9.17, 15) is 4.79 Å². The van der Waals surface area contributed by atoms with Crippen LogP contribution in [-0.4, -0.2) is 10.9 Å². The number of nitrogens with one attached hydrogen (secondary N) is 1. The fourth-order valence-electron chi connectivity index (χ4n) is 2.10. The summed E-state index contributed by atoms with van der Waals surface area (Å²) in [6, 6.07) is 14.9. The van der Waals surface area contributed by atoms with Gasteiger partial charge in [-0.1, -0.05) is 29.8 Å². The Labute approximate surface area is 122 Å². The number of benzene rings is 2. The lowest BCUT2D eigenvalue weighted by atomic mass is 10.1. The Morgan fingerprint density at radius 1 is 1.14 bits per heavy atom. The molecule has 0 radical (unpaired) electrons. The molecule has 0 aliphatic rings. The number of nitrogens with zero attached hydrogens (tertiary/aromatic N) is 1. The largest absolute Gasteiger partial charge is 0.444 e. The Morgan fingerprint density at radius 3 is 2.76 bits per heavy atom. The number of carbonyl (C=O) groups excluding carboxylic acids is 1. The number of carbonyl (C=O) groups is 1. The molecule has 0 aliphatic carbocycles. The van der Waals surface area contributed by atoms with Crippen LogP contribution in [0.4, 0.5) is 5.69 Å². The first kappa shape index (κ1) is 13.1. The molecule has 2 aromatic carbocycles. The summed E-state index contributed by atoms with van der Waals surface area (Å²) in [5.41, 5.74) is 3.28. The molecule has 1 amide bonds. The number of aryl methyl sites for hydroxylation is 1. The third-order valence-corrected chi connectivity index (χ3v) is 3.12. The summed E-state index contributed by atoms with van der Waals surface area (Å²) in [5.74, 6) is 0.537. The Kier molecular flexibility index (Phi) is 3.51. The zero-order valence-corrected chi connectivity index (χ0v) is 11.5. The molecule has 4 heteroatoms. The van der Waals surface area contributed by atoms with Crippen LogP contribution in [0.5, 0.6) is 0 Å². The van der Waals surface area contributed by atoms with E-state index in [0.29, 0.717) is 11.3 Å². The van der Waals surface area contributed by atoms with E-state index in [2.05, 4.69) is 10.3 Å². The SMILES string of the molecule is Cc1cccc(C(=O)Nc2cccc(-c3cnco3)c2)c1. The summed E-state index contributed by atoms with van der Waals surface area (Å²) in [5, 5.41) is 2.89. The lowest BCUT2D eigenvalue weighted by molar-refractivity contribution is 0.102. The van der Waals surface area contributed by atoms with Crippen LogP contribution in [0.3, 0.4) is 0 Å². The van der Waals surface area contributed by atoms with E-state index in [-0.39, 0.29) is 5.91 Å². The monoisotopic (exact) mass is 278 g/mol. The van der Waals surface area contributed by atoms with Gasteiger partial charge >= 0.3 is 0 Å². The number of hydrogen-bond acceptors (Lipinski definition) is 3. The standard InChI is InChI=1S/C17H14N2O2/c1-12-4-2-6-14(8-12)17(20)19-15-7-3-5-13(9-15)16-10-18-11-21-16/h2-11H,1H3,(H,19,20). The molecule has 0 saturated carbocycles. The van der Waals surface area contributed by atoms with Gasteiger partial charge in [0, 0.05) is 16.8 Å². The van der Waals surface area contributed by atoms with Gasteiger partial charge in [-0.15, -0.1) is 0 Å². The molecule has 1 heterocycles. The number of hydrogen-bond donors (Lipinski definition) is 1. The van der Waals surface area contributed by atoms with Gasteiger partial charge < -0.3 is 9.73 Å². The molecule has 0 unspecified atom stereocenters. The van der Waals surface area contributed by atoms with E-state index in [4.69, 9.17) is 4.42 Å². The van der Waals surface area contributed by atoms with Crippen LogP contribution >= 0.6 is 0 Å². The predicted molar refractivity (Wildman–Crippen MR) is 81.1 cm³/mol. The van der Waals surface area contributed by atoms with Gasteiger partial charge in [0.1, 0.15) is 0 Å². The molecule has 0 atom stereocenters. The third-order valence-electron chi connectivity index (χ3n) is 3.12. The molecule has 0 spiro atoms. The van der Waals surface area contributed by atoms with E-state index in [0.717, 1.165) is 16.8 Å². The van der Waals surface area contributed by atoms with Crippen molar-refractivity contribution in [3.8, 4) is 11.3 Å². The van der Waals surface area contributed by atoms with Crippen molar-refractivity contribution in [3.63, 3.8) is 0 Å². The lowest BCUT2D eigenvalue weighted by Crippen LogP contribution is -2.11. The maximum Gasteiger partial charge on any atom is 0.255 e. The van der Waals surface area contributed by atoms with Gasteiger partial charge in [0.15, 0.2) is 12.2 Å². The molecule has 1 aromatic heterocycles. The van der Waals surface area contributed by atoms with Crippen molar-refractivity contribution in [3.05, 3.63) is 72.2 Å². The Bertz CT molecular complexity index is 764. The van der Waals surface area contributed by atoms with E-state index in [1.165, 1.54) is 6.39 Å². The number of anilines is 1. The molecule has 3 rings (SSSR count). The first-order valence-electron chi connectivity index (χ1n) is 6.59. The second-order valence-electron chi connectivity index (χ2n) is 4.77. The molecular formula is C17H14N2O2. The van der Waals surface area contributed by atoms with Crippen LogP contribution in [0.2, 0.25) is 0 Å². The minimum atomic E-state index is -0.131. The quantitative estimate of drug-likeness (QED) is 0.790. The minimum Gasteiger partial charge on any atom is -0.444 e. The number of oxazole rings is 1. The molecule has 21 heavy (non-hydrogen) atoms. The minimum absolute atomic E-state index is 0.131. The predicted octanol–water partition coefficient (Wildman–Crippen LogP) is 3.90. The van der Waals surface area contributed by atoms with Gasteiger partial charge in [-0.05, 0) is 31.2 Å². The average molecular weight is 278 g/mol. The highest BCUT2D eigenvalue weighted by atomic mass is 16.3. The van der Waals surface area contributed by atoms with Crippen molar-refractivity contribution in [2.24, 2.45) is 0 Å². The molecule has 104 valence electrons. The fourth-order valence-corrected chi connectivity index (χ4v) is 2.10. The fraction of sp³-hybridized carbons (Fsp3) is 0.0588. The van der Waals surface area contributed by atoms with Gasteiger partial charge in [0.25, 0.3) is 5.91 Å². The van der Waals surface area contributed by atoms with E-state index < -0.39 is 0 Å². The highest BCUT2D eigenvalue weighted by Gasteiger charge is 2.07. The van der Waals surface area contributed by atoms with Crippen LogP contribution < -0.4 is 5.32 Å². The smallest absolute Gasteiger partial charge is 0.255 e. The Morgan fingerprint density at radius 2 is 2.00 bits per heavy atom. The maximum atomic E-state index is 12.2. The average Bonchev–Trinajstić information content (AvgIpc) is 3.02. The van der Waals surface area contributed by atoms with Crippen LogP contribution in [0.15, 0.2) is 65.5 Å². The van der Waals surface area contributed by atoms with Gasteiger partial charge in [-0.3, -0.25) is 4.79 Å². The van der Waals surface area contributed by atoms with Crippen LogP contribution in [-0.2, 0) is 0 Å². The summed E-state index contributed by atoms with van der Waals surface area (Å²) in [6.45, 7) is 1.96. The van der Waals surface area contributed by atoms with Crippen LogP contribution in [0.1, 0.15) is 15.9 Å². The molecule has 0 aliphatic heterocycles. The number of amides is 1. The number of aromatic nitrogens is 1. The van der Waals surface area contributed by atoms with Crippen molar-refractivity contribution in [2.75, 3.05) is 5.32 Å². The molecule has 0 saturated heterocycles. The van der Waals surface area contributed by atoms with Crippen LogP contribution in [0.25, 0.3) is 11.3 Å². The van der Waals surface area contributed by atoms with E-state index in [1.807, 2.05) is 49.4 Å². The summed E-state index contributed by atoms with van der Waals surface area (Å²) < 4.78 is 5.26. The molecule has 3 aromatic rings. The Hall–Kier alpha value is -2.88. The van der Waals surface area contributed by atoms with E-state index >= 15 is 0 Å². The molecular weight excluding hydrogens is 264 g/mol. The topological polar surface area (TPSA) is 55.1 Å². The highest BCUT2D eigenvalue weighted by molar-refractivity contribution is 6.04. The van der Waals surface area contributed by atoms with Crippen molar-refractivity contribution < 1.29 is 9.21 Å². The van der Waals surface area contributed by atoms with Gasteiger partial charge in [-0.25, -0.2) is 4.98 Å². The summed E-state index contributed by atoms with van der Waals surface area (Å²) >= 11 is 0. The van der Waals surface area contributed by atoms with Crippen molar-refractivity contribution in [2.45, 2.75) is 6.92 Å². The van der Waals surface area contributed by atoms with Crippen LogP contribution in [0, 0.1) is 6.92 Å². The summed E-state index contributed by atoms with van der Waals surface area (Å²) in [7, 11) is 0. The zero-order valence-electron chi connectivity index (χ0n) is 11.5. The summed E-state index contributed by atoms with van der Waals surface area (Å²) in [6.07, 6.45) is 3.02. The van der Waals surface area contributed by atoms with Crippen molar-refractivity contribution >= 4 is 11.6 Å². The van der Waals surface area contributed by atoms with E-state index in [1.54, 1.807) is 12.3 Å². The second kappa shape index (κ2) is 5.63. The molecule has 0 bridgehead atoms. The zero-order chi connectivity index (χ0) is 14.7. The van der Waals surface area contributed by atoms with Gasteiger partial charge in [0.2, 0.25) is 0 Å². The van der Waals surface area contributed by atoms with Gasteiger partial charge in [-0.2, -0.15) is 0 Å². The molecule has 0 fully saturated rings. The normalized spacial score (nSPS) is 10.3. The number of rotatable bonds is 3. The Balaban J connectivity index is 1.82. The summed E-state index contributed by atoms with van der Waals surface area (Å²) in [4.78, 5) is 16.1. The maximum absolute atomic E-state index is 12.2. The second-order valence-corrected chi connectivity index (χ2v) is 4.77. The van der Waals surface area contributed by atoms with Gasteiger partial charge in [0.05, 0.1) is 6.20 Å². The first-order chi connectivity index (χ1) is 10.2. The van der Waals surface area contributed by atoms with Crippen molar-refractivity contribution in [1.82, 2.24) is 4.98 Å². The van der Waals surface area contributed by atoms with Crippen molar-refractivity contribution in [1.29, 1.82) is 0 Å². The first-order valence-corrected chi connectivity index (χ1v) is 6.59. The lowest BCUT2D eigenvalue weighted by Gasteiger charge is -2.07. The molecule has 1 N–H and O–H groups in total. The third kappa shape index (κ3) is 3.00.